The van der Waals surface area contributed by atoms with Gasteiger partial charge in [0.25, 0.3) is 0 Å². The van der Waals surface area contributed by atoms with Gasteiger partial charge in [-0.1, -0.05) is 0 Å². The van der Waals surface area contributed by atoms with Crippen LogP contribution in [-0.4, -0.2) is 19.6 Å². The Morgan fingerprint density at radius 1 is 1.06 bits per heavy atom. The first-order valence-corrected chi connectivity index (χ1v) is 5.29. The number of halogens is 1. The number of hydrogen-bond acceptors (Lipinski definition) is 3. The van der Waals surface area contributed by atoms with Crippen molar-refractivity contribution in [1.82, 2.24) is 19.6 Å². The average Bonchev–Trinajstić information content (AvgIpc) is 2.66. The summed E-state index contributed by atoms with van der Waals surface area (Å²) in [4.78, 5) is 0. The van der Waals surface area contributed by atoms with Gasteiger partial charge in [0.2, 0.25) is 0 Å². The van der Waals surface area contributed by atoms with E-state index in [0.29, 0.717) is 0 Å². The molecule has 0 aliphatic rings. The molecule has 0 atom stereocenters. The normalized spacial score (nSPS) is 10.1. The molecule has 2 heterocycles. The van der Waals surface area contributed by atoms with Gasteiger partial charge >= 0.3 is 0 Å². The summed E-state index contributed by atoms with van der Waals surface area (Å²) in [5, 5.41) is 12.0. The minimum absolute atomic E-state index is 0. The number of nitrogens with zero attached hydrogens (tertiary/aromatic N) is 4. The number of rotatable bonds is 3. The summed E-state index contributed by atoms with van der Waals surface area (Å²) in [6.07, 6.45) is 4.02. The monoisotopic (exact) mass is 255 g/mol. The quantitative estimate of drug-likeness (QED) is 0.910. The van der Waals surface area contributed by atoms with Gasteiger partial charge in [0.1, 0.15) is 0 Å². The smallest absolute Gasteiger partial charge is 0.0825 e. The molecule has 2 aromatic rings. The van der Waals surface area contributed by atoms with Crippen LogP contribution in [0.3, 0.4) is 0 Å². The number of aryl methyl sites for hydroxylation is 4. The molecule has 0 aromatic carbocycles. The third-order valence-corrected chi connectivity index (χ3v) is 2.60. The Bertz CT molecular complexity index is 454. The van der Waals surface area contributed by atoms with E-state index >= 15 is 0 Å². The highest BCUT2D eigenvalue weighted by molar-refractivity contribution is 5.85. The number of aromatic nitrogens is 4. The van der Waals surface area contributed by atoms with Crippen molar-refractivity contribution in [2.45, 2.75) is 20.4 Å². The second-order valence-electron chi connectivity index (χ2n) is 4.07. The van der Waals surface area contributed by atoms with E-state index in [1.807, 2.05) is 49.7 Å². The Labute approximate surface area is 107 Å². The van der Waals surface area contributed by atoms with E-state index in [0.717, 1.165) is 23.6 Å². The van der Waals surface area contributed by atoms with Crippen LogP contribution in [0.5, 0.6) is 0 Å². The van der Waals surface area contributed by atoms with Crippen molar-refractivity contribution in [3.63, 3.8) is 0 Å². The maximum absolute atomic E-state index is 4.31. The zero-order chi connectivity index (χ0) is 11.7. The van der Waals surface area contributed by atoms with E-state index in [-0.39, 0.29) is 12.4 Å². The van der Waals surface area contributed by atoms with Gasteiger partial charge in [0, 0.05) is 38.6 Å². The fourth-order valence-corrected chi connectivity index (χ4v) is 1.79. The van der Waals surface area contributed by atoms with Crippen molar-refractivity contribution in [3.8, 4) is 0 Å². The molecule has 6 heteroatoms. The SMILES string of the molecule is Cc1nn(C)cc1CNc1cn(C)nc1C.Cl. The van der Waals surface area contributed by atoms with Crippen LogP contribution in [0.4, 0.5) is 5.69 Å². The minimum atomic E-state index is 0. The molecule has 0 fully saturated rings. The van der Waals surface area contributed by atoms with Gasteiger partial charge in [-0.3, -0.25) is 9.36 Å². The lowest BCUT2D eigenvalue weighted by molar-refractivity contribution is 0.756. The molecular weight excluding hydrogens is 238 g/mol. The van der Waals surface area contributed by atoms with E-state index in [4.69, 9.17) is 0 Å². The number of anilines is 1. The third-order valence-electron chi connectivity index (χ3n) is 2.60. The lowest BCUT2D eigenvalue weighted by atomic mass is 10.2. The molecule has 0 amide bonds. The fourth-order valence-electron chi connectivity index (χ4n) is 1.79. The Morgan fingerprint density at radius 2 is 1.65 bits per heavy atom. The highest BCUT2D eigenvalue weighted by Gasteiger charge is 2.05. The van der Waals surface area contributed by atoms with Gasteiger partial charge in [-0.25, -0.2) is 0 Å². The van der Waals surface area contributed by atoms with Gasteiger partial charge in [0.15, 0.2) is 0 Å². The molecule has 17 heavy (non-hydrogen) atoms. The maximum Gasteiger partial charge on any atom is 0.0825 e. The highest BCUT2D eigenvalue weighted by Crippen LogP contribution is 2.14. The zero-order valence-corrected chi connectivity index (χ0v) is 11.4. The summed E-state index contributed by atoms with van der Waals surface area (Å²) in [6.45, 7) is 4.80. The molecular formula is C11H18ClN5. The van der Waals surface area contributed by atoms with Gasteiger partial charge in [-0.2, -0.15) is 10.2 Å². The van der Waals surface area contributed by atoms with Crippen LogP contribution < -0.4 is 5.32 Å². The summed E-state index contributed by atoms with van der Waals surface area (Å²) in [7, 11) is 3.86. The van der Waals surface area contributed by atoms with E-state index in [2.05, 4.69) is 15.5 Å². The van der Waals surface area contributed by atoms with Crippen molar-refractivity contribution < 1.29 is 0 Å². The van der Waals surface area contributed by atoms with Crippen molar-refractivity contribution in [2.24, 2.45) is 14.1 Å². The fraction of sp³-hybridized carbons (Fsp3) is 0.455. The molecule has 0 bridgehead atoms. The molecule has 1 N–H and O–H groups in total. The molecule has 2 rings (SSSR count). The van der Waals surface area contributed by atoms with Crippen LogP contribution in [0.25, 0.3) is 0 Å². The van der Waals surface area contributed by atoms with Crippen LogP contribution in [0.2, 0.25) is 0 Å². The van der Waals surface area contributed by atoms with Crippen LogP contribution in [0.1, 0.15) is 17.0 Å². The molecule has 5 nitrogen and oxygen atoms in total. The minimum Gasteiger partial charge on any atom is -0.378 e. The summed E-state index contributed by atoms with van der Waals surface area (Å²) in [5.74, 6) is 0. The van der Waals surface area contributed by atoms with Crippen molar-refractivity contribution >= 4 is 18.1 Å². The largest absolute Gasteiger partial charge is 0.378 e. The molecule has 0 radical (unpaired) electrons. The Morgan fingerprint density at radius 3 is 2.12 bits per heavy atom. The van der Waals surface area contributed by atoms with E-state index < -0.39 is 0 Å². The van der Waals surface area contributed by atoms with E-state index in [1.165, 1.54) is 5.56 Å². The lowest BCUT2D eigenvalue weighted by Crippen LogP contribution is -2.00. The number of hydrogen-bond donors (Lipinski definition) is 1. The predicted octanol–water partition coefficient (Wildman–Crippen LogP) is 1.80. The van der Waals surface area contributed by atoms with Crippen LogP contribution in [-0.2, 0) is 20.6 Å². The maximum atomic E-state index is 4.31. The van der Waals surface area contributed by atoms with Crippen molar-refractivity contribution in [2.75, 3.05) is 5.32 Å². The summed E-state index contributed by atoms with van der Waals surface area (Å²) in [5.41, 5.74) is 4.37. The second-order valence-corrected chi connectivity index (χ2v) is 4.07. The lowest BCUT2D eigenvalue weighted by Gasteiger charge is -2.02. The number of nitrogens with one attached hydrogen (secondary N) is 1. The molecule has 0 unspecified atom stereocenters. The third kappa shape index (κ3) is 3.00. The molecule has 0 saturated carbocycles. The first kappa shape index (κ1) is 13.6. The van der Waals surface area contributed by atoms with Gasteiger partial charge in [-0.15, -0.1) is 12.4 Å². The van der Waals surface area contributed by atoms with Crippen LogP contribution in [0.15, 0.2) is 12.4 Å². The Kier molecular flexibility index (Phi) is 4.17. The zero-order valence-electron chi connectivity index (χ0n) is 10.6. The summed E-state index contributed by atoms with van der Waals surface area (Å²) < 4.78 is 3.65. The molecule has 2 aromatic heterocycles. The Hall–Kier alpha value is -1.49. The van der Waals surface area contributed by atoms with Gasteiger partial charge < -0.3 is 5.32 Å². The summed E-state index contributed by atoms with van der Waals surface area (Å²) >= 11 is 0. The van der Waals surface area contributed by atoms with Crippen LogP contribution >= 0.6 is 12.4 Å². The average molecular weight is 256 g/mol. The molecule has 0 aliphatic carbocycles. The highest BCUT2D eigenvalue weighted by atomic mass is 35.5. The topological polar surface area (TPSA) is 47.7 Å². The van der Waals surface area contributed by atoms with Crippen molar-refractivity contribution in [1.29, 1.82) is 0 Å². The Balaban J connectivity index is 0.00000144. The van der Waals surface area contributed by atoms with Gasteiger partial charge in [-0.05, 0) is 13.8 Å². The van der Waals surface area contributed by atoms with Crippen molar-refractivity contribution in [3.05, 3.63) is 29.3 Å². The second kappa shape index (κ2) is 5.23. The predicted molar refractivity (Wildman–Crippen MR) is 70.5 cm³/mol. The van der Waals surface area contributed by atoms with Crippen LogP contribution in [0, 0.1) is 13.8 Å². The van der Waals surface area contributed by atoms with Gasteiger partial charge in [0.05, 0.1) is 17.1 Å². The first-order valence-electron chi connectivity index (χ1n) is 5.29. The summed E-state index contributed by atoms with van der Waals surface area (Å²) in [6, 6.07) is 0. The molecule has 0 saturated heterocycles. The van der Waals surface area contributed by atoms with E-state index in [1.54, 1.807) is 0 Å². The standard InChI is InChI=1S/C11H17N5.ClH/c1-8-10(6-15(3)13-8)5-12-11-7-16(4)14-9(11)2;/h6-7,12H,5H2,1-4H3;1H. The molecule has 0 spiro atoms. The molecule has 0 aliphatic heterocycles. The first-order chi connectivity index (χ1) is 7.56. The molecule has 94 valence electrons. The van der Waals surface area contributed by atoms with E-state index in [9.17, 15) is 0 Å².